The van der Waals surface area contributed by atoms with E-state index >= 15 is 0 Å². The molecule has 1 fully saturated rings. The van der Waals surface area contributed by atoms with Crippen LogP contribution in [0.4, 0.5) is 0 Å². The van der Waals surface area contributed by atoms with Crippen molar-refractivity contribution in [2.75, 3.05) is 26.3 Å². The fraction of sp³-hybridized carbons (Fsp3) is 0.429. The van der Waals surface area contributed by atoms with Gasteiger partial charge in [0.2, 0.25) is 5.76 Å². The second-order valence-electron chi connectivity index (χ2n) is 6.96. The van der Waals surface area contributed by atoms with Gasteiger partial charge in [0.1, 0.15) is 5.58 Å². The Balaban J connectivity index is 1.56. The Morgan fingerprint density at radius 2 is 1.86 bits per heavy atom. The monoisotopic (exact) mass is 401 g/mol. The maximum Gasteiger partial charge on any atom is 0.374 e. The molecule has 0 spiro atoms. The number of esters is 2. The Hall–Kier alpha value is -3.16. The van der Waals surface area contributed by atoms with Crippen LogP contribution < -0.4 is 5.43 Å². The summed E-state index contributed by atoms with van der Waals surface area (Å²) >= 11 is 0. The highest BCUT2D eigenvalue weighted by Crippen LogP contribution is 2.19. The molecule has 154 valence electrons. The number of rotatable bonds is 5. The van der Waals surface area contributed by atoms with Crippen LogP contribution in [0.25, 0.3) is 11.0 Å². The smallest absolute Gasteiger partial charge is 0.374 e. The van der Waals surface area contributed by atoms with Gasteiger partial charge in [0.05, 0.1) is 17.9 Å². The Kier molecular flexibility index (Phi) is 6.31. The Morgan fingerprint density at radius 1 is 1.14 bits per heavy atom. The maximum absolute atomic E-state index is 12.3. The van der Waals surface area contributed by atoms with Crippen LogP contribution in [-0.4, -0.2) is 49.0 Å². The standard InChI is InChI=1S/C21H23NO7/c1-3-27-20(25)14-6-8-22(9-7-14)19(24)12-28-21(26)18-11-16(23)15-10-13(2)4-5-17(15)29-18/h4-5,10-11,14H,3,6-9,12H2,1-2H3. The predicted molar refractivity (Wildman–Crippen MR) is 103 cm³/mol. The summed E-state index contributed by atoms with van der Waals surface area (Å²) in [5.41, 5.74) is 0.828. The highest BCUT2D eigenvalue weighted by atomic mass is 16.5. The molecule has 1 aromatic carbocycles. The lowest BCUT2D eigenvalue weighted by molar-refractivity contribution is -0.151. The van der Waals surface area contributed by atoms with Crippen molar-refractivity contribution >= 4 is 28.8 Å². The molecule has 0 N–H and O–H groups in total. The van der Waals surface area contributed by atoms with E-state index in [1.807, 2.05) is 6.92 Å². The minimum absolute atomic E-state index is 0.211. The molecule has 3 rings (SSSR count). The lowest BCUT2D eigenvalue weighted by Crippen LogP contribution is -2.42. The highest BCUT2D eigenvalue weighted by molar-refractivity contribution is 5.90. The topological polar surface area (TPSA) is 103 Å². The van der Waals surface area contributed by atoms with Crippen molar-refractivity contribution in [3.05, 3.63) is 45.8 Å². The number of nitrogens with zero attached hydrogens (tertiary/aromatic N) is 1. The molecule has 1 aliphatic heterocycles. The number of piperidine rings is 1. The van der Waals surface area contributed by atoms with Gasteiger partial charge in [0, 0.05) is 19.2 Å². The molecule has 0 atom stereocenters. The third-order valence-corrected chi connectivity index (χ3v) is 4.88. The quantitative estimate of drug-likeness (QED) is 0.707. The molecule has 1 aliphatic rings. The Morgan fingerprint density at radius 3 is 2.55 bits per heavy atom. The molecule has 0 saturated carbocycles. The SMILES string of the molecule is CCOC(=O)C1CCN(C(=O)COC(=O)c2cc(=O)c3cc(C)ccc3o2)CC1. The van der Waals surface area contributed by atoms with Gasteiger partial charge in [0.15, 0.2) is 12.0 Å². The lowest BCUT2D eigenvalue weighted by atomic mass is 9.97. The van der Waals surface area contributed by atoms with Gasteiger partial charge in [0.25, 0.3) is 5.91 Å². The number of hydrogen-bond acceptors (Lipinski definition) is 7. The van der Waals surface area contributed by atoms with Crippen LogP contribution in [-0.2, 0) is 19.1 Å². The first-order valence-electron chi connectivity index (χ1n) is 9.55. The van der Waals surface area contributed by atoms with Crippen molar-refractivity contribution in [2.24, 2.45) is 5.92 Å². The van der Waals surface area contributed by atoms with Gasteiger partial charge < -0.3 is 18.8 Å². The summed E-state index contributed by atoms with van der Waals surface area (Å²) in [6, 6.07) is 6.13. The first kappa shape index (κ1) is 20.6. The molecule has 1 aromatic heterocycles. The number of carbonyl (C=O) groups excluding carboxylic acids is 3. The first-order chi connectivity index (χ1) is 13.9. The Bertz CT molecular complexity index is 986. The summed E-state index contributed by atoms with van der Waals surface area (Å²) < 4.78 is 15.5. The van der Waals surface area contributed by atoms with Crippen LogP contribution in [0.15, 0.2) is 33.5 Å². The van der Waals surface area contributed by atoms with Gasteiger partial charge in [-0.3, -0.25) is 14.4 Å². The Labute approximate surface area is 167 Å². The highest BCUT2D eigenvalue weighted by Gasteiger charge is 2.28. The van der Waals surface area contributed by atoms with Gasteiger partial charge in [-0.25, -0.2) is 4.79 Å². The fourth-order valence-corrected chi connectivity index (χ4v) is 3.29. The van der Waals surface area contributed by atoms with Crippen molar-refractivity contribution in [3.8, 4) is 0 Å². The number of amides is 1. The second kappa shape index (κ2) is 8.89. The van der Waals surface area contributed by atoms with E-state index in [1.165, 1.54) is 0 Å². The average molecular weight is 401 g/mol. The van der Waals surface area contributed by atoms with E-state index in [9.17, 15) is 19.2 Å². The number of likely N-dealkylation sites (tertiary alicyclic amines) is 1. The number of benzene rings is 1. The largest absolute Gasteiger partial charge is 0.466 e. The van der Waals surface area contributed by atoms with E-state index in [0.29, 0.717) is 37.9 Å². The summed E-state index contributed by atoms with van der Waals surface area (Å²) in [5, 5.41) is 0.377. The molecule has 29 heavy (non-hydrogen) atoms. The summed E-state index contributed by atoms with van der Waals surface area (Å²) in [6.45, 7) is 4.26. The van der Waals surface area contributed by atoms with Crippen LogP contribution in [0.2, 0.25) is 0 Å². The zero-order valence-corrected chi connectivity index (χ0v) is 16.4. The van der Waals surface area contributed by atoms with Crippen LogP contribution >= 0.6 is 0 Å². The van der Waals surface area contributed by atoms with E-state index in [1.54, 1.807) is 30.0 Å². The van der Waals surface area contributed by atoms with Gasteiger partial charge in [-0.1, -0.05) is 11.6 Å². The van der Waals surface area contributed by atoms with Crippen LogP contribution in [0, 0.1) is 12.8 Å². The van der Waals surface area contributed by atoms with Gasteiger partial charge in [-0.15, -0.1) is 0 Å². The third kappa shape index (κ3) is 4.82. The second-order valence-corrected chi connectivity index (χ2v) is 6.96. The molecule has 0 unspecified atom stereocenters. The average Bonchev–Trinajstić information content (AvgIpc) is 2.72. The van der Waals surface area contributed by atoms with Crippen LogP contribution in [0.5, 0.6) is 0 Å². The minimum Gasteiger partial charge on any atom is -0.466 e. The summed E-state index contributed by atoms with van der Waals surface area (Å²) in [6.07, 6.45) is 1.02. The zero-order chi connectivity index (χ0) is 21.0. The first-order valence-corrected chi connectivity index (χ1v) is 9.55. The van der Waals surface area contributed by atoms with E-state index in [-0.39, 0.29) is 34.6 Å². The third-order valence-electron chi connectivity index (χ3n) is 4.88. The maximum atomic E-state index is 12.3. The summed E-state index contributed by atoms with van der Waals surface area (Å²) in [5.74, 6) is -1.94. The zero-order valence-electron chi connectivity index (χ0n) is 16.4. The van der Waals surface area contributed by atoms with Crippen LogP contribution in [0.3, 0.4) is 0 Å². The molecule has 8 heteroatoms. The number of carbonyl (C=O) groups is 3. The normalized spacial score (nSPS) is 14.6. The number of hydrogen-bond donors (Lipinski definition) is 0. The van der Waals surface area contributed by atoms with Crippen LogP contribution in [0.1, 0.15) is 35.9 Å². The minimum atomic E-state index is -0.876. The van der Waals surface area contributed by atoms with Crippen molar-refractivity contribution in [1.29, 1.82) is 0 Å². The predicted octanol–water partition coefficient (Wildman–Crippen LogP) is 2.06. The molecular formula is C21H23NO7. The van der Waals surface area contributed by atoms with Crippen molar-refractivity contribution in [1.82, 2.24) is 4.90 Å². The molecule has 1 amide bonds. The van der Waals surface area contributed by atoms with Crippen molar-refractivity contribution in [3.63, 3.8) is 0 Å². The number of fused-ring (bicyclic) bond motifs is 1. The molecule has 2 heterocycles. The van der Waals surface area contributed by atoms with E-state index in [4.69, 9.17) is 13.9 Å². The molecule has 8 nitrogen and oxygen atoms in total. The molecule has 1 saturated heterocycles. The van der Waals surface area contributed by atoms with Crippen molar-refractivity contribution in [2.45, 2.75) is 26.7 Å². The summed E-state index contributed by atoms with van der Waals surface area (Å²) in [4.78, 5) is 50.0. The molecule has 2 aromatic rings. The van der Waals surface area contributed by atoms with E-state index < -0.39 is 12.6 Å². The van der Waals surface area contributed by atoms with Crippen molar-refractivity contribution < 1.29 is 28.3 Å². The number of aryl methyl sites for hydroxylation is 1. The molecular weight excluding hydrogens is 378 g/mol. The lowest BCUT2D eigenvalue weighted by Gasteiger charge is -2.30. The van der Waals surface area contributed by atoms with Gasteiger partial charge in [-0.2, -0.15) is 0 Å². The van der Waals surface area contributed by atoms with E-state index in [2.05, 4.69) is 0 Å². The molecule has 0 radical (unpaired) electrons. The fourth-order valence-electron chi connectivity index (χ4n) is 3.29. The molecule has 0 bridgehead atoms. The van der Waals surface area contributed by atoms with Gasteiger partial charge >= 0.3 is 11.9 Å². The van der Waals surface area contributed by atoms with E-state index in [0.717, 1.165) is 11.6 Å². The molecule has 0 aliphatic carbocycles. The van der Waals surface area contributed by atoms with Gasteiger partial charge in [-0.05, 0) is 38.8 Å². The summed E-state index contributed by atoms with van der Waals surface area (Å²) in [7, 11) is 0. The number of ether oxygens (including phenoxy) is 2.